The minimum atomic E-state index is -1.05. The Morgan fingerprint density at radius 1 is 1.33 bits per heavy atom. The molecule has 1 heterocycles. The molecule has 0 aliphatic carbocycles. The summed E-state index contributed by atoms with van der Waals surface area (Å²) in [5, 5.41) is 12.5. The lowest BCUT2D eigenvalue weighted by Crippen LogP contribution is -2.27. The number of rotatable bonds is 7. The van der Waals surface area contributed by atoms with Crippen molar-refractivity contribution in [2.24, 2.45) is 5.41 Å². The van der Waals surface area contributed by atoms with Crippen LogP contribution >= 0.6 is 22.9 Å². The molecule has 4 nitrogen and oxygen atoms in total. The molecule has 0 saturated heterocycles. The number of thiazole rings is 1. The first-order valence-electron chi connectivity index (χ1n) is 7.71. The summed E-state index contributed by atoms with van der Waals surface area (Å²) < 4.78 is 0. The van der Waals surface area contributed by atoms with Crippen LogP contribution in [0.15, 0.2) is 23.6 Å². The maximum absolute atomic E-state index is 12.1. The second kappa shape index (κ2) is 7.45. The van der Waals surface area contributed by atoms with Crippen LogP contribution < -0.4 is 0 Å². The summed E-state index contributed by atoms with van der Waals surface area (Å²) in [6, 6.07) is 5.70. The normalized spacial score (nSPS) is 11.5. The van der Waals surface area contributed by atoms with Gasteiger partial charge in [-0.25, -0.2) is 4.98 Å². The molecule has 128 valence electrons. The average Bonchev–Trinajstić information content (AvgIpc) is 2.94. The van der Waals surface area contributed by atoms with Crippen LogP contribution in [0, 0.1) is 5.41 Å². The number of aromatic nitrogens is 1. The lowest BCUT2D eigenvalue weighted by Gasteiger charge is -2.17. The largest absolute Gasteiger partial charge is 0.481 e. The van der Waals surface area contributed by atoms with Crippen molar-refractivity contribution in [3.8, 4) is 10.6 Å². The lowest BCUT2D eigenvalue weighted by molar-refractivity contribution is -0.149. The predicted molar refractivity (Wildman–Crippen MR) is 96.7 cm³/mol. The molecule has 0 amide bonds. The highest BCUT2D eigenvalue weighted by molar-refractivity contribution is 7.13. The summed E-state index contributed by atoms with van der Waals surface area (Å²) in [5.41, 5.74) is 1.76. The molecule has 0 fully saturated rings. The van der Waals surface area contributed by atoms with Crippen LogP contribution in [0.1, 0.15) is 38.4 Å². The number of carbonyl (C=O) groups excluding carboxylic acids is 1. The lowest BCUT2D eigenvalue weighted by atomic mass is 9.86. The van der Waals surface area contributed by atoms with E-state index in [0.29, 0.717) is 10.7 Å². The van der Waals surface area contributed by atoms with E-state index in [2.05, 4.69) is 11.9 Å². The number of Topliss-reactive ketones (excluding diaryl/α,β-unsaturated/α-hetero) is 1. The van der Waals surface area contributed by atoms with E-state index < -0.39 is 11.4 Å². The van der Waals surface area contributed by atoms with Gasteiger partial charge in [0.05, 0.1) is 11.1 Å². The van der Waals surface area contributed by atoms with Crippen LogP contribution in [0.2, 0.25) is 5.02 Å². The van der Waals surface area contributed by atoms with Crippen LogP contribution in [-0.4, -0.2) is 21.8 Å². The van der Waals surface area contributed by atoms with Gasteiger partial charge in [0.25, 0.3) is 0 Å². The monoisotopic (exact) mass is 365 g/mol. The highest BCUT2D eigenvalue weighted by atomic mass is 35.5. The van der Waals surface area contributed by atoms with Crippen molar-refractivity contribution in [1.82, 2.24) is 4.98 Å². The number of carboxylic acids is 1. The minimum absolute atomic E-state index is 0.00362. The van der Waals surface area contributed by atoms with Crippen LogP contribution in [0.25, 0.3) is 10.6 Å². The SMILES string of the molecule is CCc1cc(Cl)ccc1-c1nc(CC(=O)CC(C)(C)C(=O)O)cs1. The van der Waals surface area contributed by atoms with E-state index in [1.165, 1.54) is 11.3 Å². The third-order valence-corrected chi connectivity index (χ3v) is 4.99. The third kappa shape index (κ3) is 4.42. The van der Waals surface area contributed by atoms with E-state index in [9.17, 15) is 9.59 Å². The van der Waals surface area contributed by atoms with Crippen molar-refractivity contribution < 1.29 is 14.7 Å². The Bertz CT molecular complexity index is 767. The number of carbonyl (C=O) groups is 2. The first kappa shape index (κ1) is 18.6. The molecule has 6 heteroatoms. The third-order valence-electron chi connectivity index (χ3n) is 3.83. The summed E-state index contributed by atoms with van der Waals surface area (Å²) in [4.78, 5) is 27.8. The van der Waals surface area contributed by atoms with Crippen LogP contribution in [-0.2, 0) is 22.4 Å². The fourth-order valence-electron chi connectivity index (χ4n) is 2.41. The minimum Gasteiger partial charge on any atom is -0.481 e. The van der Waals surface area contributed by atoms with Crippen molar-refractivity contribution in [3.63, 3.8) is 0 Å². The van der Waals surface area contributed by atoms with Crippen molar-refractivity contribution >= 4 is 34.7 Å². The zero-order valence-electron chi connectivity index (χ0n) is 13.9. The molecular weight excluding hydrogens is 346 g/mol. The van der Waals surface area contributed by atoms with Gasteiger partial charge in [0.15, 0.2) is 0 Å². The van der Waals surface area contributed by atoms with E-state index in [4.69, 9.17) is 16.7 Å². The molecular formula is C18H20ClNO3S. The molecule has 2 aromatic rings. The van der Waals surface area contributed by atoms with E-state index in [1.807, 2.05) is 23.6 Å². The molecule has 0 aliphatic heterocycles. The molecule has 0 aliphatic rings. The number of hydrogen-bond acceptors (Lipinski definition) is 4. The van der Waals surface area contributed by atoms with Gasteiger partial charge in [-0.1, -0.05) is 24.6 Å². The highest BCUT2D eigenvalue weighted by Crippen LogP contribution is 2.30. The van der Waals surface area contributed by atoms with Gasteiger partial charge in [-0.2, -0.15) is 0 Å². The Hall–Kier alpha value is -1.72. The summed E-state index contributed by atoms with van der Waals surface area (Å²) in [6.07, 6.45) is 0.995. The molecule has 0 radical (unpaired) electrons. The number of nitrogens with zero attached hydrogens (tertiary/aromatic N) is 1. The summed E-state index contributed by atoms with van der Waals surface area (Å²) >= 11 is 7.52. The molecule has 0 bridgehead atoms. The van der Waals surface area contributed by atoms with Gasteiger partial charge in [0.2, 0.25) is 0 Å². The number of carboxylic acid groups (broad SMARTS) is 1. The molecule has 0 saturated carbocycles. The van der Waals surface area contributed by atoms with Crippen LogP contribution in [0.4, 0.5) is 0 Å². The summed E-state index contributed by atoms with van der Waals surface area (Å²) in [7, 11) is 0. The molecule has 2 rings (SSSR count). The zero-order valence-corrected chi connectivity index (χ0v) is 15.5. The van der Waals surface area contributed by atoms with Gasteiger partial charge in [0, 0.05) is 28.8 Å². The van der Waals surface area contributed by atoms with Gasteiger partial charge >= 0.3 is 5.97 Å². The van der Waals surface area contributed by atoms with Crippen molar-refractivity contribution in [3.05, 3.63) is 39.9 Å². The Kier molecular flexibility index (Phi) is 5.78. The second-order valence-electron chi connectivity index (χ2n) is 6.38. The first-order chi connectivity index (χ1) is 11.2. The van der Waals surface area contributed by atoms with E-state index in [1.54, 1.807) is 13.8 Å². The van der Waals surface area contributed by atoms with Crippen molar-refractivity contribution in [2.45, 2.75) is 40.0 Å². The number of benzene rings is 1. The van der Waals surface area contributed by atoms with Gasteiger partial charge in [-0.3, -0.25) is 9.59 Å². The van der Waals surface area contributed by atoms with Gasteiger partial charge in [0.1, 0.15) is 10.8 Å². The standard InChI is InChI=1S/C18H20ClNO3S/c1-4-11-7-12(19)5-6-15(11)16-20-13(10-24-16)8-14(21)9-18(2,3)17(22)23/h5-7,10H,4,8-9H2,1-3H3,(H,22,23). The molecule has 1 N–H and O–H groups in total. The van der Waals surface area contributed by atoms with Crippen LogP contribution in [0.5, 0.6) is 0 Å². The molecule has 24 heavy (non-hydrogen) atoms. The maximum Gasteiger partial charge on any atom is 0.309 e. The quantitative estimate of drug-likeness (QED) is 0.776. The van der Waals surface area contributed by atoms with Gasteiger partial charge in [-0.05, 0) is 38.0 Å². The molecule has 0 unspecified atom stereocenters. The number of hydrogen-bond donors (Lipinski definition) is 1. The van der Waals surface area contributed by atoms with Crippen molar-refractivity contribution in [1.29, 1.82) is 0 Å². The predicted octanol–water partition coefficient (Wildman–Crippen LogP) is 4.64. The second-order valence-corrected chi connectivity index (χ2v) is 7.67. The van der Waals surface area contributed by atoms with E-state index in [-0.39, 0.29) is 18.6 Å². The highest BCUT2D eigenvalue weighted by Gasteiger charge is 2.30. The van der Waals surface area contributed by atoms with Crippen molar-refractivity contribution in [2.75, 3.05) is 0 Å². The van der Waals surface area contributed by atoms with Crippen LogP contribution in [0.3, 0.4) is 0 Å². The summed E-state index contributed by atoms with van der Waals surface area (Å²) in [5.74, 6) is -1.09. The molecule has 1 aromatic heterocycles. The Morgan fingerprint density at radius 3 is 2.67 bits per heavy atom. The molecule has 0 atom stereocenters. The zero-order chi connectivity index (χ0) is 17.9. The topological polar surface area (TPSA) is 67.3 Å². The first-order valence-corrected chi connectivity index (χ1v) is 8.97. The van der Waals surface area contributed by atoms with Gasteiger partial charge in [-0.15, -0.1) is 11.3 Å². The van der Waals surface area contributed by atoms with Gasteiger partial charge < -0.3 is 5.11 Å². The number of ketones is 1. The Morgan fingerprint density at radius 2 is 2.04 bits per heavy atom. The van der Waals surface area contributed by atoms with E-state index >= 15 is 0 Å². The Labute approximate surface area is 150 Å². The average molecular weight is 366 g/mol. The number of aliphatic carboxylic acids is 1. The van der Waals surface area contributed by atoms with E-state index in [0.717, 1.165) is 22.6 Å². The number of aryl methyl sites for hydroxylation is 1. The number of halogens is 1. The maximum atomic E-state index is 12.1. The molecule has 0 spiro atoms. The smallest absolute Gasteiger partial charge is 0.309 e. The Balaban J connectivity index is 2.14. The molecule has 1 aromatic carbocycles. The fraction of sp³-hybridized carbons (Fsp3) is 0.389. The fourth-order valence-corrected chi connectivity index (χ4v) is 3.48. The summed E-state index contributed by atoms with van der Waals surface area (Å²) in [6.45, 7) is 5.17.